The maximum absolute atomic E-state index is 11.8. The van der Waals surface area contributed by atoms with Crippen molar-refractivity contribution in [2.75, 3.05) is 6.54 Å². The second-order valence-corrected chi connectivity index (χ2v) is 4.98. The third kappa shape index (κ3) is 9.21. The number of aliphatic carboxylic acids is 1. The average molecular weight is 307 g/mol. The van der Waals surface area contributed by atoms with E-state index in [1.165, 1.54) is 4.72 Å². The second kappa shape index (κ2) is 6.68. The summed E-state index contributed by atoms with van der Waals surface area (Å²) in [7, 11) is -4.66. The zero-order valence-corrected chi connectivity index (χ0v) is 10.2. The Morgan fingerprint density at radius 1 is 1.32 bits per heavy atom. The van der Waals surface area contributed by atoms with E-state index in [1.54, 1.807) is 0 Å². The highest BCUT2D eigenvalue weighted by Gasteiger charge is 2.31. The van der Waals surface area contributed by atoms with Crippen LogP contribution in [0.15, 0.2) is 0 Å². The van der Waals surface area contributed by atoms with Gasteiger partial charge in [0.2, 0.25) is 5.91 Å². The van der Waals surface area contributed by atoms with E-state index in [1.807, 2.05) is 0 Å². The minimum absolute atomic E-state index is 0.432. The number of rotatable bonds is 8. The highest BCUT2D eigenvalue weighted by molar-refractivity contribution is 7.87. The molecule has 12 heteroatoms. The van der Waals surface area contributed by atoms with Crippen molar-refractivity contribution in [3.05, 3.63) is 0 Å². The van der Waals surface area contributed by atoms with Gasteiger partial charge in [0.25, 0.3) is 10.2 Å². The van der Waals surface area contributed by atoms with Crippen LogP contribution in [0.5, 0.6) is 0 Å². The van der Waals surface area contributed by atoms with Gasteiger partial charge in [0.15, 0.2) is 0 Å². The number of carboxylic acid groups (broad SMARTS) is 1. The van der Waals surface area contributed by atoms with Crippen molar-refractivity contribution in [2.45, 2.75) is 25.1 Å². The van der Waals surface area contributed by atoms with E-state index in [0.717, 1.165) is 4.72 Å². The van der Waals surface area contributed by atoms with Gasteiger partial charge in [-0.25, -0.2) is 0 Å². The number of amides is 1. The molecule has 0 aromatic rings. The van der Waals surface area contributed by atoms with Crippen molar-refractivity contribution in [1.82, 2.24) is 9.44 Å². The molecule has 0 unspecified atom stereocenters. The number of carboxylic acids is 1. The number of carbonyl (C=O) groups excluding carboxylic acids is 1. The lowest BCUT2D eigenvalue weighted by Crippen LogP contribution is -2.48. The maximum Gasteiger partial charge on any atom is 0.402 e. The standard InChI is InChI=1S/C7H12F3N3O5S/c8-7(9,10)3-12-19(17,18)13-4(6(15)16)1-2-5(11)14/h4,12-13H,1-3H2,(H2,11,14)(H,15,16)/t4-/m1/s1. The van der Waals surface area contributed by atoms with E-state index >= 15 is 0 Å². The molecule has 19 heavy (non-hydrogen) atoms. The van der Waals surface area contributed by atoms with Crippen LogP contribution in [0.25, 0.3) is 0 Å². The first-order valence-corrected chi connectivity index (χ1v) is 6.26. The van der Waals surface area contributed by atoms with Gasteiger partial charge in [-0.15, -0.1) is 0 Å². The number of nitrogens with one attached hydrogen (secondary N) is 2. The van der Waals surface area contributed by atoms with E-state index in [0.29, 0.717) is 0 Å². The predicted octanol–water partition coefficient (Wildman–Crippen LogP) is -1.31. The molecule has 0 aromatic carbocycles. The van der Waals surface area contributed by atoms with E-state index in [9.17, 15) is 31.2 Å². The van der Waals surface area contributed by atoms with Crippen LogP contribution in [0, 0.1) is 0 Å². The zero-order chi connectivity index (χ0) is 15.3. The van der Waals surface area contributed by atoms with Gasteiger partial charge in [0, 0.05) is 6.42 Å². The molecule has 112 valence electrons. The molecule has 0 spiro atoms. The lowest BCUT2D eigenvalue weighted by Gasteiger charge is -2.15. The molecule has 1 atom stereocenters. The van der Waals surface area contributed by atoms with Crippen LogP contribution in [0.2, 0.25) is 0 Å². The summed E-state index contributed by atoms with van der Waals surface area (Å²) in [4.78, 5) is 21.1. The van der Waals surface area contributed by atoms with E-state index in [-0.39, 0.29) is 0 Å². The molecule has 0 aromatic heterocycles. The molecular formula is C7H12F3N3O5S. The molecule has 0 saturated carbocycles. The fourth-order valence-corrected chi connectivity index (χ4v) is 1.96. The summed E-state index contributed by atoms with van der Waals surface area (Å²) in [5.41, 5.74) is 4.75. The average Bonchev–Trinajstić information content (AvgIpc) is 2.20. The SMILES string of the molecule is NC(=O)CC[C@@H](NS(=O)(=O)NCC(F)(F)F)C(=O)O. The number of hydrogen-bond acceptors (Lipinski definition) is 4. The molecule has 8 nitrogen and oxygen atoms in total. The Bertz CT molecular complexity index is 436. The summed E-state index contributed by atoms with van der Waals surface area (Å²) in [6.07, 6.45) is -5.68. The van der Waals surface area contributed by atoms with Gasteiger partial charge in [-0.05, 0) is 6.42 Å². The molecular weight excluding hydrogens is 295 g/mol. The minimum atomic E-state index is -4.78. The van der Waals surface area contributed by atoms with Crippen molar-refractivity contribution < 1.29 is 36.3 Å². The topological polar surface area (TPSA) is 139 Å². The van der Waals surface area contributed by atoms with Crippen LogP contribution in [-0.2, 0) is 19.8 Å². The smallest absolute Gasteiger partial charge is 0.402 e. The fourth-order valence-electron chi connectivity index (χ4n) is 0.925. The number of primary amides is 1. The highest BCUT2D eigenvalue weighted by atomic mass is 32.2. The summed E-state index contributed by atoms with van der Waals surface area (Å²) in [6, 6.07) is -1.75. The summed E-state index contributed by atoms with van der Waals surface area (Å²) in [6.45, 7) is -1.84. The lowest BCUT2D eigenvalue weighted by atomic mass is 10.2. The largest absolute Gasteiger partial charge is 0.480 e. The molecule has 0 saturated heterocycles. The fraction of sp³-hybridized carbons (Fsp3) is 0.714. The van der Waals surface area contributed by atoms with Crippen LogP contribution in [0.1, 0.15) is 12.8 Å². The lowest BCUT2D eigenvalue weighted by molar-refractivity contribution is -0.139. The summed E-state index contributed by atoms with van der Waals surface area (Å²) in [5, 5.41) is 8.65. The van der Waals surface area contributed by atoms with Gasteiger partial charge in [0.1, 0.15) is 12.6 Å². The molecule has 5 N–H and O–H groups in total. The first-order valence-electron chi connectivity index (χ1n) is 4.78. The molecule has 0 aliphatic heterocycles. The van der Waals surface area contributed by atoms with E-state index in [4.69, 9.17) is 10.8 Å². The molecule has 0 aliphatic rings. The highest BCUT2D eigenvalue weighted by Crippen LogP contribution is 2.12. The van der Waals surface area contributed by atoms with Crippen molar-refractivity contribution >= 4 is 22.1 Å². The van der Waals surface area contributed by atoms with Gasteiger partial charge in [-0.2, -0.15) is 31.0 Å². The normalized spacial score (nSPS) is 14.1. The zero-order valence-electron chi connectivity index (χ0n) is 9.40. The molecule has 0 fully saturated rings. The van der Waals surface area contributed by atoms with E-state index < -0.39 is 53.7 Å². The molecule has 0 heterocycles. The van der Waals surface area contributed by atoms with Crippen molar-refractivity contribution in [1.29, 1.82) is 0 Å². The molecule has 0 aliphatic carbocycles. The van der Waals surface area contributed by atoms with Gasteiger partial charge in [-0.3, -0.25) is 9.59 Å². The maximum atomic E-state index is 11.8. The number of halogens is 3. The predicted molar refractivity (Wildman–Crippen MR) is 56.0 cm³/mol. The number of alkyl halides is 3. The van der Waals surface area contributed by atoms with Crippen molar-refractivity contribution in [3.63, 3.8) is 0 Å². The Morgan fingerprint density at radius 2 is 1.84 bits per heavy atom. The van der Waals surface area contributed by atoms with Crippen LogP contribution in [0.4, 0.5) is 13.2 Å². The van der Waals surface area contributed by atoms with Gasteiger partial charge in [-0.1, -0.05) is 0 Å². The Labute approximate surface area is 106 Å². The van der Waals surface area contributed by atoms with Crippen molar-refractivity contribution in [2.24, 2.45) is 5.73 Å². The van der Waals surface area contributed by atoms with Crippen LogP contribution in [-0.4, -0.2) is 44.2 Å². The Morgan fingerprint density at radius 3 is 2.21 bits per heavy atom. The Kier molecular flexibility index (Phi) is 6.18. The van der Waals surface area contributed by atoms with Crippen LogP contribution < -0.4 is 15.2 Å². The van der Waals surface area contributed by atoms with Gasteiger partial charge < -0.3 is 10.8 Å². The quantitative estimate of drug-likeness (QED) is 0.441. The third-order valence-electron chi connectivity index (χ3n) is 1.74. The van der Waals surface area contributed by atoms with Gasteiger partial charge in [0.05, 0.1) is 0 Å². The second-order valence-electron chi connectivity index (χ2n) is 3.45. The number of carbonyl (C=O) groups is 2. The Balaban J connectivity index is 4.56. The number of hydrogen-bond donors (Lipinski definition) is 4. The van der Waals surface area contributed by atoms with Crippen LogP contribution in [0.3, 0.4) is 0 Å². The molecule has 1 amide bonds. The first-order chi connectivity index (χ1) is 8.43. The summed E-state index contributed by atoms with van der Waals surface area (Å²) < 4.78 is 60.3. The minimum Gasteiger partial charge on any atom is -0.480 e. The Hall–Kier alpha value is -1.40. The summed E-state index contributed by atoms with van der Waals surface area (Å²) >= 11 is 0. The molecule has 0 bridgehead atoms. The van der Waals surface area contributed by atoms with E-state index in [2.05, 4.69) is 0 Å². The molecule has 0 radical (unpaired) electrons. The first kappa shape index (κ1) is 17.6. The van der Waals surface area contributed by atoms with Crippen molar-refractivity contribution in [3.8, 4) is 0 Å². The molecule has 0 rings (SSSR count). The number of nitrogens with two attached hydrogens (primary N) is 1. The van der Waals surface area contributed by atoms with Gasteiger partial charge >= 0.3 is 12.1 Å². The third-order valence-corrected chi connectivity index (χ3v) is 2.86. The van der Waals surface area contributed by atoms with Crippen LogP contribution >= 0.6 is 0 Å². The monoisotopic (exact) mass is 307 g/mol. The summed E-state index contributed by atoms with van der Waals surface area (Å²) in [5.74, 6) is -2.51.